The van der Waals surface area contributed by atoms with Crippen LogP contribution < -0.4 is 20.2 Å². The average Bonchev–Trinajstić information content (AvgIpc) is 2.62. The number of benzene rings is 2. The normalized spacial score (nSPS) is 9.96. The predicted molar refractivity (Wildman–Crippen MR) is 122 cm³/mol. The van der Waals surface area contributed by atoms with E-state index in [-0.39, 0.29) is 5.43 Å². The van der Waals surface area contributed by atoms with E-state index < -0.39 is 0 Å². The van der Waals surface area contributed by atoms with Crippen molar-refractivity contribution in [1.29, 1.82) is 0 Å². The predicted octanol–water partition coefficient (Wildman–Crippen LogP) is 5.06. The molecule has 1 aromatic rings. The van der Waals surface area contributed by atoms with Gasteiger partial charge >= 0.3 is 0 Å². The highest BCUT2D eigenvalue weighted by Crippen LogP contribution is 2.32. The Bertz CT molecular complexity index is 900. The second-order valence-electron chi connectivity index (χ2n) is 6.68. The van der Waals surface area contributed by atoms with Crippen LogP contribution in [0.4, 0.5) is 11.4 Å². The van der Waals surface area contributed by atoms with Gasteiger partial charge in [0.25, 0.3) is 11.1 Å². The lowest BCUT2D eigenvalue weighted by Gasteiger charge is -2.15. The topological polar surface area (TPSA) is 37.7 Å². The molecule has 0 spiro atoms. The Labute approximate surface area is 167 Å². The van der Waals surface area contributed by atoms with Crippen LogP contribution in [-0.2, 0) is 0 Å². The van der Waals surface area contributed by atoms with Crippen molar-refractivity contribution in [3.8, 4) is 10.6 Å². The summed E-state index contributed by atoms with van der Waals surface area (Å²) < 4.78 is 1.16. The molecule has 0 atom stereocenters. The summed E-state index contributed by atoms with van der Waals surface area (Å²) in [5.41, 5.74) is 5.01. The molecule has 0 amide bonds. The number of nitrogens with one attached hydrogen (secondary N) is 1. The molecule has 0 bridgehead atoms. The zero-order chi connectivity index (χ0) is 20.7. The van der Waals surface area contributed by atoms with Crippen molar-refractivity contribution in [3.05, 3.63) is 40.1 Å². The lowest BCUT2D eigenvalue weighted by atomic mass is 10.1. The SMILES string of the molecule is CC.CCC.Cc1cc(N(C)C)cc2sc3cc(N(C)C)cc(=O)c-3[nH+]c12. The van der Waals surface area contributed by atoms with E-state index in [0.717, 1.165) is 26.3 Å². The number of hydrogen-bond donors (Lipinski definition) is 0. The average molecular weight is 389 g/mol. The van der Waals surface area contributed by atoms with Gasteiger partial charge in [-0.3, -0.25) is 4.79 Å². The van der Waals surface area contributed by atoms with Crippen LogP contribution >= 0.6 is 11.3 Å². The first-order valence-electron chi connectivity index (χ1n) is 9.57. The Kier molecular flexibility index (Phi) is 8.70. The zero-order valence-corrected chi connectivity index (χ0v) is 19.0. The molecule has 0 radical (unpaired) electrons. The third-order valence-corrected chi connectivity index (χ3v) is 4.92. The fourth-order valence-electron chi connectivity index (χ4n) is 2.52. The number of aromatic nitrogens is 1. The molecule has 2 aliphatic rings. The minimum Gasteiger partial charge on any atom is -0.378 e. The van der Waals surface area contributed by atoms with Gasteiger partial charge < -0.3 is 9.80 Å². The highest BCUT2D eigenvalue weighted by Gasteiger charge is 2.20. The zero-order valence-electron chi connectivity index (χ0n) is 18.2. The van der Waals surface area contributed by atoms with E-state index in [1.54, 1.807) is 17.4 Å². The molecule has 148 valence electrons. The van der Waals surface area contributed by atoms with Gasteiger partial charge in [0, 0.05) is 51.2 Å². The molecule has 0 saturated carbocycles. The Morgan fingerprint density at radius 1 is 0.926 bits per heavy atom. The third-order valence-electron chi connectivity index (χ3n) is 3.84. The lowest BCUT2D eigenvalue weighted by Crippen LogP contribution is -2.22. The number of anilines is 2. The van der Waals surface area contributed by atoms with E-state index in [1.165, 1.54) is 12.1 Å². The fourth-order valence-corrected chi connectivity index (χ4v) is 3.68. The van der Waals surface area contributed by atoms with Crippen LogP contribution in [0.25, 0.3) is 20.8 Å². The Balaban J connectivity index is 0.000000665. The molecule has 27 heavy (non-hydrogen) atoms. The molecule has 1 heterocycles. The summed E-state index contributed by atoms with van der Waals surface area (Å²) in [4.78, 5) is 20.8. The van der Waals surface area contributed by atoms with Gasteiger partial charge in [-0.25, -0.2) is 0 Å². The number of H-pyrrole nitrogens is 1. The molecule has 4 nitrogen and oxygen atoms in total. The smallest absolute Gasteiger partial charge is 0.269 e. The van der Waals surface area contributed by atoms with Gasteiger partial charge in [0.1, 0.15) is 9.58 Å². The van der Waals surface area contributed by atoms with Gasteiger partial charge in [0.05, 0.1) is 0 Å². The maximum Gasteiger partial charge on any atom is 0.269 e. The van der Waals surface area contributed by atoms with E-state index in [2.05, 4.69) is 48.9 Å². The molecule has 1 aliphatic heterocycles. The molecule has 1 aromatic carbocycles. The number of aromatic amines is 1. The largest absolute Gasteiger partial charge is 0.378 e. The van der Waals surface area contributed by atoms with Crippen LogP contribution in [0.3, 0.4) is 0 Å². The first-order valence-corrected chi connectivity index (χ1v) is 10.4. The van der Waals surface area contributed by atoms with Crippen molar-refractivity contribution in [3.63, 3.8) is 0 Å². The molecule has 1 N–H and O–H groups in total. The van der Waals surface area contributed by atoms with Crippen LogP contribution in [0.2, 0.25) is 0 Å². The van der Waals surface area contributed by atoms with Crippen molar-refractivity contribution >= 4 is 32.9 Å². The Morgan fingerprint density at radius 2 is 1.44 bits per heavy atom. The van der Waals surface area contributed by atoms with Crippen LogP contribution in [0.5, 0.6) is 0 Å². The summed E-state index contributed by atoms with van der Waals surface area (Å²) in [6.07, 6.45) is 1.25. The molecule has 0 unspecified atom stereocenters. The number of aryl methyl sites for hydroxylation is 1. The minimum atomic E-state index is 0.0374. The highest BCUT2D eigenvalue weighted by atomic mass is 32.1. The van der Waals surface area contributed by atoms with Gasteiger partial charge in [-0.1, -0.05) is 34.1 Å². The second kappa shape index (κ2) is 10.3. The third kappa shape index (κ3) is 5.42. The van der Waals surface area contributed by atoms with E-state index in [9.17, 15) is 4.79 Å². The summed E-state index contributed by atoms with van der Waals surface area (Å²) in [7, 11) is 7.97. The van der Waals surface area contributed by atoms with Crippen molar-refractivity contribution in [2.75, 3.05) is 38.0 Å². The Morgan fingerprint density at radius 3 is 1.96 bits per heavy atom. The number of hydrogen-bond acceptors (Lipinski definition) is 4. The van der Waals surface area contributed by atoms with Crippen molar-refractivity contribution in [2.45, 2.75) is 41.0 Å². The summed E-state index contributed by atoms with van der Waals surface area (Å²) >= 11 is 1.66. The number of rotatable bonds is 2. The Hall–Kier alpha value is -2.14. The van der Waals surface area contributed by atoms with Crippen LogP contribution in [0.1, 0.15) is 39.7 Å². The van der Waals surface area contributed by atoms with Crippen LogP contribution in [0, 0.1) is 6.92 Å². The summed E-state index contributed by atoms with van der Waals surface area (Å²) in [5, 5.41) is 0. The van der Waals surface area contributed by atoms with E-state index >= 15 is 0 Å². The van der Waals surface area contributed by atoms with Crippen LogP contribution in [-0.4, -0.2) is 28.2 Å². The fraction of sp³-hybridized carbons (Fsp3) is 0.455. The van der Waals surface area contributed by atoms with Crippen LogP contribution in [0.15, 0.2) is 29.1 Å². The number of nitrogens with zero attached hydrogens (tertiary/aromatic N) is 2. The van der Waals surface area contributed by atoms with Crippen molar-refractivity contribution in [1.82, 2.24) is 0 Å². The summed E-state index contributed by atoms with van der Waals surface area (Å²) in [6.45, 7) is 10.3. The molecule has 1 aliphatic carbocycles. The minimum absolute atomic E-state index is 0.0374. The van der Waals surface area contributed by atoms with E-state index in [4.69, 9.17) is 0 Å². The molecule has 5 heteroatoms. The van der Waals surface area contributed by atoms with E-state index in [1.807, 2.05) is 46.9 Å². The van der Waals surface area contributed by atoms with Crippen molar-refractivity contribution < 1.29 is 4.98 Å². The van der Waals surface area contributed by atoms with Gasteiger partial charge in [-0.15, -0.1) is 11.3 Å². The quantitative estimate of drug-likeness (QED) is 0.576. The highest BCUT2D eigenvalue weighted by molar-refractivity contribution is 7.21. The molecule has 3 rings (SSSR count). The first-order chi connectivity index (χ1) is 12.8. The monoisotopic (exact) mass is 388 g/mol. The van der Waals surface area contributed by atoms with Gasteiger partial charge in [0.2, 0.25) is 5.52 Å². The standard InChI is InChI=1S/C17H19N3OS.C3H8.C2H6/c1-10-6-11(19(2)3)8-14-16(10)18-17-13(21)7-12(20(4)5)9-15(17)22-14;1-3-2;1-2/h6-9H,1-5H3;3H2,1-2H3;1-2H3/p+1. The number of fused-ring (bicyclic) bond motifs is 2. The lowest BCUT2D eigenvalue weighted by molar-refractivity contribution is -0.331. The summed E-state index contributed by atoms with van der Waals surface area (Å²) in [5.74, 6) is 0. The second-order valence-corrected chi connectivity index (χ2v) is 7.76. The maximum atomic E-state index is 12.4. The first kappa shape index (κ1) is 22.9. The molecular weight excluding hydrogens is 354 g/mol. The molecule has 0 fully saturated rings. The molecule has 0 aromatic heterocycles. The van der Waals surface area contributed by atoms with Crippen molar-refractivity contribution in [2.24, 2.45) is 0 Å². The van der Waals surface area contributed by atoms with Gasteiger partial charge in [0.15, 0.2) is 0 Å². The molecular formula is C22H34N3OS+. The van der Waals surface area contributed by atoms with E-state index in [0.29, 0.717) is 5.69 Å². The maximum absolute atomic E-state index is 12.4. The molecule has 0 saturated heterocycles. The van der Waals surface area contributed by atoms with Gasteiger partial charge in [-0.05, 0) is 25.1 Å². The van der Waals surface area contributed by atoms with Gasteiger partial charge in [-0.2, -0.15) is 4.98 Å². The summed E-state index contributed by atoms with van der Waals surface area (Å²) in [6, 6.07) is 8.04.